The van der Waals surface area contributed by atoms with Gasteiger partial charge in [-0.2, -0.15) is 5.10 Å². The molecule has 1 aliphatic heterocycles. The standard InChI is InChI=1S/C19H16ClN3O2S/c1-11-17-18(12-6-8-13(24)9-7-12)26-10-16(25)21-19(17)23(22-11)15-5-3-2-4-14(15)20/h2-9,18,24H,10H2,1H3,(H,21,25). The van der Waals surface area contributed by atoms with Gasteiger partial charge >= 0.3 is 0 Å². The molecular formula is C19H16ClN3O2S. The van der Waals surface area contributed by atoms with Gasteiger partial charge in [0.1, 0.15) is 11.6 Å². The Morgan fingerprint density at radius 1 is 1.23 bits per heavy atom. The van der Waals surface area contributed by atoms with Gasteiger partial charge in [-0.25, -0.2) is 4.68 Å². The highest BCUT2D eigenvalue weighted by Gasteiger charge is 2.30. The monoisotopic (exact) mass is 385 g/mol. The van der Waals surface area contributed by atoms with Gasteiger partial charge in [-0.05, 0) is 36.8 Å². The van der Waals surface area contributed by atoms with E-state index in [0.717, 1.165) is 22.5 Å². The summed E-state index contributed by atoms with van der Waals surface area (Å²) in [5.41, 5.74) is 3.50. The number of phenols is 1. The zero-order valence-corrected chi connectivity index (χ0v) is 15.5. The molecule has 5 nitrogen and oxygen atoms in total. The quantitative estimate of drug-likeness (QED) is 0.689. The van der Waals surface area contributed by atoms with Crippen LogP contribution in [0.25, 0.3) is 5.69 Å². The number of para-hydroxylation sites is 1. The van der Waals surface area contributed by atoms with Crippen LogP contribution in [-0.4, -0.2) is 26.5 Å². The second-order valence-electron chi connectivity index (χ2n) is 6.04. The molecule has 1 aromatic heterocycles. The molecule has 1 aliphatic rings. The number of hydrogen-bond acceptors (Lipinski definition) is 4. The minimum atomic E-state index is -0.0780. The fourth-order valence-corrected chi connectivity index (χ4v) is 4.50. The number of benzene rings is 2. The number of aromatic nitrogens is 2. The van der Waals surface area contributed by atoms with Crippen molar-refractivity contribution in [2.24, 2.45) is 0 Å². The van der Waals surface area contributed by atoms with Gasteiger partial charge in [0.15, 0.2) is 0 Å². The molecule has 4 rings (SSSR count). The maximum Gasteiger partial charge on any atom is 0.235 e. The molecule has 0 aliphatic carbocycles. The summed E-state index contributed by atoms with van der Waals surface area (Å²) in [6.07, 6.45) is 0. The fraction of sp³-hybridized carbons (Fsp3) is 0.158. The number of nitrogens with one attached hydrogen (secondary N) is 1. The number of phenolic OH excluding ortho intramolecular Hbond substituents is 1. The van der Waals surface area contributed by atoms with Crippen LogP contribution in [0.4, 0.5) is 5.82 Å². The zero-order chi connectivity index (χ0) is 18.3. The number of thioether (sulfide) groups is 1. The van der Waals surface area contributed by atoms with Crippen LogP contribution in [0, 0.1) is 6.92 Å². The minimum absolute atomic E-state index is 0.0687. The highest BCUT2D eigenvalue weighted by Crippen LogP contribution is 2.44. The van der Waals surface area contributed by atoms with Crippen LogP contribution in [0.3, 0.4) is 0 Å². The number of anilines is 1. The first-order valence-electron chi connectivity index (χ1n) is 8.09. The maximum absolute atomic E-state index is 12.3. The number of carbonyl (C=O) groups is 1. The lowest BCUT2D eigenvalue weighted by molar-refractivity contribution is -0.113. The Kier molecular flexibility index (Phi) is 4.38. The number of fused-ring (bicyclic) bond motifs is 1. The normalized spacial score (nSPS) is 16.7. The van der Waals surface area contributed by atoms with Crippen molar-refractivity contribution < 1.29 is 9.90 Å². The Labute approximate surface area is 160 Å². The molecule has 0 saturated heterocycles. The average molecular weight is 386 g/mol. The third-order valence-corrected chi connectivity index (χ3v) is 5.87. The van der Waals surface area contributed by atoms with Crippen LogP contribution in [0.5, 0.6) is 5.75 Å². The van der Waals surface area contributed by atoms with Crippen molar-refractivity contribution in [1.82, 2.24) is 9.78 Å². The lowest BCUT2D eigenvalue weighted by atomic mass is 10.0. The van der Waals surface area contributed by atoms with Crippen molar-refractivity contribution in [1.29, 1.82) is 0 Å². The number of aromatic hydroxyl groups is 1. The molecule has 3 aromatic rings. The van der Waals surface area contributed by atoms with E-state index in [1.807, 2.05) is 37.3 Å². The first kappa shape index (κ1) is 17.0. The molecule has 2 heterocycles. The van der Waals surface area contributed by atoms with Crippen LogP contribution >= 0.6 is 23.4 Å². The summed E-state index contributed by atoms with van der Waals surface area (Å²) in [4.78, 5) is 12.3. The van der Waals surface area contributed by atoms with E-state index in [1.165, 1.54) is 0 Å². The van der Waals surface area contributed by atoms with E-state index in [1.54, 1.807) is 34.6 Å². The van der Waals surface area contributed by atoms with Gasteiger partial charge in [0.05, 0.1) is 27.4 Å². The van der Waals surface area contributed by atoms with Gasteiger partial charge in [0, 0.05) is 5.56 Å². The minimum Gasteiger partial charge on any atom is -0.508 e. The highest BCUT2D eigenvalue weighted by atomic mass is 35.5. The van der Waals surface area contributed by atoms with Gasteiger partial charge in [0.25, 0.3) is 0 Å². The maximum atomic E-state index is 12.3. The van der Waals surface area contributed by atoms with E-state index in [9.17, 15) is 9.90 Å². The Balaban J connectivity index is 1.91. The summed E-state index contributed by atoms with van der Waals surface area (Å²) < 4.78 is 1.70. The molecule has 0 saturated carbocycles. The van der Waals surface area contributed by atoms with Crippen molar-refractivity contribution in [3.63, 3.8) is 0 Å². The van der Waals surface area contributed by atoms with E-state index in [4.69, 9.17) is 11.6 Å². The predicted molar refractivity (Wildman–Crippen MR) is 104 cm³/mol. The Bertz CT molecular complexity index is 985. The molecule has 2 aromatic carbocycles. The highest BCUT2D eigenvalue weighted by molar-refractivity contribution is 8.00. The number of aryl methyl sites for hydroxylation is 1. The molecule has 0 bridgehead atoms. The SMILES string of the molecule is Cc1nn(-c2ccccc2Cl)c2c1C(c1ccc(O)cc1)SCC(=O)N2. The average Bonchev–Trinajstić information content (AvgIpc) is 2.82. The Morgan fingerprint density at radius 3 is 2.69 bits per heavy atom. The molecule has 7 heteroatoms. The van der Waals surface area contributed by atoms with Gasteiger partial charge in [-0.3, -0.25) is 4.79 Å². The number of nitrogens with zero attached hydrogens (tertiary/aromatic N) is 2. The lowest BCUT2D eigenvalue weighted by Crippen LogP contribution is -2.16. The molecule has 2 N–H and O–H groups in total. The van der Waals surface area contributed by atoms with Crippen molar-refractivity contribution in [2.45, 2.75) is 12.2 Å². The third-order valence-electron chi connectivity index (χ3n) is 4.28. The first-order chi connectivity index (χ1) is 12.5. The molecule has 0 spiro atoms. The summed E-state index contributed by atoms with van der Waals surface area (Å²) in [6.45, 7) is 1.93. The van der Waals surface area contributed by atoms with Gasteiger partial charge in [0.2, 0.25) is 5.91 Å². The number of carbonyl (C=O) groups excluding carboxylic acids is 1. The molecule has 1 amide bonds. The zero-order valence-electron chi connectivity index (χ0n) is 13.9. The van der Waals surface area contributed by atoms with Gasteiger partial charge in [-0.15, -0.1) is 11.8 Å². The lowest BCUT2D eigenvalue weighted by Gasteiger charge is -2.15. The van der Waals surface area contributed by atoms with E-state index >= 15 is 0 Å². The molecule has 1 unspecified atom stereocenters. The van der Waals surface area contributed by atoms with E-state index < -0.39 is 0 Å². The number of hydrogen-bond donors (Lipinski definition) is 2. The van der Waals surface area contributed by atoms with Crippen LogP contribution in [0.2, 0.25) is 5.02 Å². The summed E-state index contributed by atoms with van der Waals surface area (Å²) in [5.74, 6) is 1.11. The third kappa shape index (κ3) is 2.95. The predicted octanol–water partition coefficient (Wildman–Crippen LogP) is 4.31. The van der Waals surface area contributed by atoms with Gasteiger partial charge < -0.3 is 10.4 Å². The Morgan fingerprint density at radius 2 is 1.96 bits per heavy atom. The molecule has 0 fully saturated rings. The summed E-state index contributed by atoms with van der Waals surface area (Å²) in [5, 5.41) is 17.7. The molecule has 132 valence electrons. The largest absolute Gasteiger partial charge is 0.508 e. The number of amides is 1. The van der Waals surface area contributed by atoms with E-state index in [0.29, 0.717) is 16.6 Å². The second kappa shape index (κ2) is 6.70. The van der Waals surface area contributed by atoms with Crippen molar-refractivity contribution in [3.8, 4) is 11.4 Å². The molecule has 26 heavy (non-hydrogen) atoms. The van der Waals surface area contributed by atoms with Gasteiger partial charge in [-0.1, -0.05) is 35.9 Å². The number of halogens is 1. The number of rotatable bonds is 2. The second-order valence-corrected chi connectivity index (χ2v) is 7.54. The summed E-state index contributed by atoms with van der Waals surface area (Å²) in [7, 11) is 0. The van der Waals surface area contributed by atoms with Crippen LogP contribution in [0.1, 0.15) is 22.1 Å². The van der Waals surface area contributed by atoms with Crippen LogP contribution < -0.4 is 5.32 Å². The fourth-order valence-electron chi connectivity index (χ4n) is 3.09. The molecule has 0 radical (unpaired) electrons. The molecule has 1 atom stereocenters. The van der Waals surface area contributed by atoms with Crippen molar-refractivity contribution in [2.75, 3.05) is 11.1 Å². The van der Waals surface area contributed by atoms with Crippen LogP contribution in [0.15, 0.2) is 48.5 Å². The summed E-state index contributed by atoms with van der Waals surface area (Å²) in [6, 6.07) is 14.5. The topological polar surface area (TPSA) is 67.1 Å². The van der Waals surface area contributed by atoms with Crippen molar-refractivity contribution >= 4 is 35.1 Å². The van der Waals surface area contributed by atoms with Crippen molar-refractivity contribution in [3.05, 3.63) is 70.4 Å². The first-order valence-corrected chi connectivity index (χ1v) is 9.52. The Hall–Kier alpha value is -2.44. The molecular weight excluding hydrogens is 370 g/mol. The van der Waals surface area contributed by atoms with Crippen LogP contribution in [-0.2, 0) is 4.79 Å². The van der Waals surface area contributed by atoms with E-state index in [2.05, 4.69) is 10.4 Å². The van der Waals surface area contributed by atoms with E-state index in [-0.39, 0.29) is 16.9 Å². The smallest absolute Gasteiger partial charge is 0.235 e. The summed E-state index contributed by atoms with van der Waals surface area (Å²) >= 11 is 7.89.